The van der Waals surface area contributed by atoms with E-state index < -0.39 is 0 Å². The van der Waals surface area contributed by atoms with E-state index in [0.717, 1.165) is 38.2 Å². The number of nitrogens with one attached hydrogen (secondary N) is 1. The molecule has 104 valence electrons. The predicted molar refractivity (Wildman–Crippen MR) is 79.2 cm³/mol. The molecule has 1 aromatic carbocycles. The molecule has 4 heteroatoms. The Kier molecular flexibility index (Phi) is 4.30. The van der Waals surface area contributed by atoms with E-state index in [0.29, 0.717) is 5.92 Å². The summed E-state index contributed by atoms with van der Waals surface area (Å²) in [5.74, 6) is 0.649. The highest BCUT2D eigenvalue weighted by atomic mass is 16.1. The van der Waals surface area contributed by atoms with Crippen LogP contribution in [0.3, 0.4) is 0 Å². The smallest absolute Gasteiger partial charge is 0.216 e. The number of carbonyl (C=O) groups is 1. The van der Waals surface area contributed by atoms with Gasteiger partial charge in [0, 0.05) is 26.6 Å². The van der Waals surface area contributed by atoms with Crippen LogP contribution in [0.2, 0.25) is 0 Å². The van der Waals surface area contributed by atoms with Gasteiger partial charge in [0.2, 0.25) is 5.91 Å². The van der Waals surface area contributed by atoms with Crippen LogP contribution < -0.4 is 16.0 Å². The Bertz CT molecular complexity index is 430. The van der Waals surface area contributed by atoms with Crippen LogP contribution in [0.5, 0.6) is 0 Å². The van der Waals surface area contributed by atoms with Gasteiger partial charge in [-0.25, -0.2) is 0 Å². The molecule has 0 aliphatic carbocycles. The molecular weight excluding hydrogens is 238 g/mol. The van der Waals surface area contributed by atoms with E-state index in [1.54, 1.807) is 6.92 Å². The lowest BCUT2D eigenvalue weighted by molar-refractivity contribution is -0.119. The topological polar surface area (TPSA) is 58.4 Å². The molecule has 0 saturated carbocycles. The van der Waals surface area contributed by atoms with Crippen LogP contribution in [0.4, 0.5) is 11.4 Å². The maximum absolute atomic E-state index is 10.9. The van der Waals surface area contributed by atoms with Gasteiger partial charge in [-0.3, -0.25) is 4.79 Å². The Morgan fingerprint density at radius 2 is 2.11 bits per heavy atom. The van der Waals surface area contributed by atoms with E-state index in [4.69, 9.17) is 5.73 Å². The zero-order chi connectivity index (χ0) is 13.8. The minimum absolute atomic E-state index is 0.0607. The minimum atomic E-state index is 0.0607. The lowest BCUT2D eigenvalue weighted by Crippen LogP contribution is -2.38. The first-order valence-electron chi connectivity index (χ1n) is 6.92. The van der Waals surface area contributed by atoms with Crippen molar-refractivity contribution in [2.75, 3.05) is 30.3 Å². The van der Waals surface area contributed by atoms with Crippen molar-refractivity contribution >= 4 is 17.3 Å². The molecule has 1 aromatic rings. The van der Waals surface area contributed by atoms with E-state index in [9.17, 15) is 4.79 Å². The van der Waals surface area contributed by atoms with E-state index in [1.165, 1.54) is 11.3 Å². The van der Waals surface area contributed by atoms with Gasteiger partial charge in [0.15, 0.2) is 0 Å². The first-order chi connectivity index (χ1) is 9.08. The molecule has 1 heterocycles. The molecule has 0 spiro atoms. The number of benzene rings is 1. The van der Waals surface area contributed by atoms with Crippen molar-refractivity contribution < 1.29 is 4.79 Å². The summed E-state index contributed by atoms with van der Waals surface area (Å²) in [6, 6.07) is 6.07. The fraction of sp³-hybridized carbons (Fsp3) is 0.533. The van der Waals surface area contributed by atoms with Crippen molar-refractivity contribution in [3.05, 3.63) is 23.8 Å². The van der Waals surface area contributed by atoms with Crippen molar-refractivity contribution in [1.82, 2.24) is 5.32 Å². The maximum Gasteiger partial charge on any atom is 0.216 e. The van der Waals surface area contributed by atoms with Crippen molar-refractivity contribution in [3.8, 4) is 0 Å². The highest BCUT2D eigenvalue weighted by Gasteiger charge is 2.21. The van der Waals surface area contributed by atoms with Crippen molar-refractivity contribution in [2.24, 2.45) is 5.92 Å². The molecule has 0 aromatic heterocycles. The number of nitrogens with zero attached hydrogens (tertiary/aromatic N) is 1. The number of rotatable bonds is 3. The Balaban J connectivity index is 1.94. The monoisotopic (exact) mass is 261 g/mol. The molecule has 2 rings (SSSR count). The highest BCUT2D eigenvalue weighted by molar-refractivity contribution is 5.73. The second-order valence-electron chi connectivity index (χ2n) is 5.38. The molecule has 1 saturated heterocycles. The van der Waals surface area contributed by atoms with Gasteiger partial charge in [0.1, 0.15) is 0 Å². The number of aryl methyl sites for hydroxylation is 1. The molecule has 0 bridgehead atoms. The van der Waals surface area contributed by atoms with Crippen LogP contribution in [0, 0.1) is 12.8 Å². The average molecular weight is 261 g/mol. The summed E-state index contributed by atoms with van der Waals surface area (Å²) < 4.78 is 0. The summed E-state index contributed by atoms with van der Waals surface area (Å²) in [4.78, 5) is 13.3. The largest absolute Gasteiger partial charge is 0.397 e. The number of amides is 1. The second kappa shape index (κ2) is 5.95. The van der Waals surface area contributed by atoms with E-state index in [1.807, 2.05) is 12.1 Å². The van der Waals surface area contributed by atoms with Crippen molar-refractivity contribution in [2.45, 2.75) is 26.7 Å². The third-order valence-corrected chi connectivity index (χ3v) is 3.84. The third-order valence-electron chi connectivity index (χ3n) is 3.84. The Morgan fingerprint density at radius 3 is 2.68 bits per heavy atom. The van der Waals surface area contributed by atoms with Crippen LogP contribution in [0.1, 0.15) is 25.3 Å². The van der Waals surface area contributed by atoms with Gasteiger partial charge in [-0.05, 0) is 37.3 Å². The van der Waals surface area contributed by atoms with Crippen molar-refractivity contribution in [1.29, 1.82) is 0 Å². The molecule has 1 aliphatic heterocycles. The molecule has 1 fully saturated rings. The zero-order valence-electron chi connectivity index (χ0n) is 11.8. The summed E-state index contributed by atoms with van der Waals surface area (Å²) in [7, 11) is 0. The molecular formula is C15H23N3O. The van der Waals surface area contributed by atoms with Crippen LogP contribution in [-0.4, -0.2) is 25.5 Å². The Morgan fingerprint density at radius 1 is 1.42 bits per heavy atom. The number of piperidine rings is 1. The quantitative estimate of drug-likeness (QED) is 0.817. The third kappa shape index (κ3) is 3.40. The summed E-state index contributed by atoms with van der Waals surface area (Å²) in [6.07, 6.45) is 2.21. The van der Waals surface area contributed by atoms with Crippen molar-refractivity contribution in [3.63, 3.8) is 0 Å². The minimum Gasteiger partial charge on any atom is -0.397 e. The van der Waals surface area contributed by atoms with E-state index in [2.05, 4.69) is 23.2 Å². The average Bonchev–Trinajstić information content (AvgIpc) is 2.37. The summed E-state index contributed by atoms with van der Waals surface area (Å²) >= 11 is 0. The molecule has 0 unspecified atom stereocenters. The number of nitrogen functional groups attached to an aromatic ring is 1. The lowest BCUT2D eigenvalue weighted by Gasteiger charge is -2.35. The highest BCUT2D eigenvalue weighted by Crippen LogP contribution is 2.30. The van der Waals surface area contributed by atoms with Gasteiger partial charge in [-0.2, -0.15) is 0 Å². The molecule has 0 atom stereocenters. The van der Waals surface area contributed by atoms with Gasteiger partial charge in [-0.1, -0.05) is 12.1 Å². The van der Waals surface area contributed by atoms with Gasteiger partial charge in [0.25, 0.3) is 0 Å². The summed E-state index contributed by atoms with van der Waals surface area (Å²) in [5.41, 5.74) is 9.37. The van der Waals surface area contributed by atoms with Crippen LogP contribution in [0.25, 0.3) is 0 Å². The first-order valence-corrected chi connectivity index (χ1v) is 6.92. The van der Waals surface area contributed by atoms with Crippen LogP contribution in [0.15, 0.2) is 18.2 Å². The normalized spacial score (nSPS) is 16.4. The number of carbonyl (C=O) groups excluding carboxylic acids is 1. The maximum atomic E-state index is 10.9. The predicted octanol–water partition coefficient (Wildman–Crippen LogP) is 1.93. The van der Waals surface area contributed by atoms with Crippen LogP contribution >= 0.6 is 0 Å². The number of anilines is 2. The number of nitrogens with two attached hydrogens (primary N) is 1. The number of hydrogen-bond acceptors (Lipinski definition) is 3. The standard InChI is InChI=1S/C15H23N3O/c1-11-4-3-5-14(16)15(11)18-8-6-13(7-9-18)10-17-12(2)19/h3-5,13H,6-10,16H2,1-2H3,(H,17,19). The molecule has 4 nitrogen and oxygen atoms in total. The van der Waals surface area contributed by atoms with Gasteiger partial charge in [-0.15, -0.1) is 0 Å². The lowest BCUT2D eigenvalue weighted by atomic mass is 9.95. The fourth-order valence-corrected chi connectivity index (χ4v) is 2.76. The SMILES string of the molecule is CC(=O)NCC1CCN(c2c(C)cccc2N)CC1. The van der Waals surface area contributed by atoms with E-state index >= 15 is 0 Å². The number of hydrogen-bond donors (Lipinski definition) is 2. The fourth-order valence-electron chi connectivity index (χ4n) is 2.76. The zero-order valence-corrected chi connectivity index (χ0v) is 11.8. The van der Waals surface area contributed by atoms with Gasteiger partial charge >= 0.3 is 0 Å². The van der Waals surface area contributed by atoms with Gasteiger partial charge in [0.05, 0.1) is 11.4 Å². The number of para-hydroxylation sites is 1. The Hall–Kier alpha value is -1.71. The summed E-state index contributed by atoms with van der Waals surface area (Å²) in [6.45, 7) is 6.50. The first kappa shape index (κ1) is 13.7. The molecule has 1 amide bonds. The molecule has 19 heavy (non-hydrogen) atoms. The van der Waals surface area contributed by atoms with Gasteiger partial charge < -0.3 is 16.0 Å². The Labute approximate surface area is 115 Å². The second-order valence-corrected chi connectivity index (χ2v) is 5.38. The summed E-state index contributed by atoms with van der Waals surface area (Å²) in [5, 5.41) is 2.91. The molecule has 0 radical (unpaired) electrons. The molecule has 3 N–H and O–H groups in total. The van der Waals surface area contributed by atoms with Crippen LogP contribution in [-0.2, 0) is 4.79 Å². The van der Waals surface area contributed by atoms with E-state index in [-0.39, 0.29) is 5.91 Å². The molecule has 1 aliphatic rings.